The number of hydrogen-bond donors (Lipinski definition) is 2. The average Bonchev–Trinajstić information content (AvgIpc) is 2.75. The Hall–Kier alpha value is -3.74. The van der Waals surface area contributed by atoms with Crippen molar-refractivity contribution in [3.63, 3.8) is 0 Å². The second-order valence-corrected chi connectivity index (χ2v) is 6.73. The first kappa shape index (κ1) is 21.0. The summed E-state index contributed by atoms with van der Waals surface area (Å²) in [5.74, 6) is 0.0964. The molecule has 0 aliphatic rings. The molecule has 30 heavy (non-hydrogen) atoms. The fourth-order valence-corrected chi connectivity index (χ4v) is 2.79. The van der Waals surface area contributed by atoms with Crippen LogP contribution < -0.4 is 15.4 Å². The van der Waals surface area contributed by atoms with E-state index in [0.717, 1.165) is 11.1 Å². The highest BCUT2D eigenvalue weighted by Crippen LogP contribution is 2.22. The topological polar surface area (TPSA) is 80.3 Å². The SMILES string of the molecule is CNC(=O)c1cc(Oc2ccc(CCC(=O)Nc3cc(C)ccc3F)cc2)ccn1. The van der Waals surface area contributed by atoms with E-state index in [2.05, 4.69) is 15.6 Å². The number of amides is 2. The summed E-state index contributed by atoms with van der Waals surface area (Å²) in [7, 11) is 1.54. The molecule has 0 saturated carbocycles. The number of halogens is 1. The summed E-state index contributed by atoms with van der Waals surface area (Å²) < 4.78 is 19.5. The summed E-state index contributed by atoms with van der Waals surface area (Å²) in [6, 6.07) is 15.1. The predicted octanol–water partition coefficient (Wildman–Crippen LogP) is 4.25. The number of carbonyl (C=O) groups excluding carboxylic acids is 2. The van der Waals surface area contributed by atoms with Gasteiger partial charge in [0, 0.05) is 25.7 Å². The van der Waals surface area contributed by atoms with Crippen LogP contribution in [0.1, 0.15) is 28.0 Å². The minimum absolute atomic E-state index is 0.192. The Balaban J connectivity index is 1.55. The maximum absolute atomic E-state index is 13.8. The van der Waals surface area contributed by atoms with Gasteiger partial charge in [-0.2, -0.15) is 0 Å². The van der Waals surface area contributed by atoms with E-state index in [1.165, 1.54) is 19.3 Å². The quantitative estimate of drug-likeness (QED) is 0.614. The molecule has 0 aliphatic carbocycles. The molecule has 0 fully saturated rings. The molecule has 0 unspecified atom stereocenters. The molecule has 0 aliphatic heterocycles. The number of pyridine rings is 1. The van der Waals surface area contributed by atoms with Gasteiger partial charge in [-0.15, -0.1) is 0 Å². The van der Waals surface area contributed by atoms with Gasteiger partial charge in [-0.25, -0.2) is 4.39 Å². The summed E-state index contributed by atoms with van der Waals surface area (Å²) in [5, 5.41) is 5.12. The lowest BCUT2D eigenvalue weighted by Crippen LogP contribution is -2.18. The Morgan fingerprint density at radius 2 is 1.80 bits per heavy atom. The third kappa shape index (κ3) is 5.64. The number of carbonyl (C=O) groups is 2. The maximum atomic E-state index is 13.8. The van der Waals surface area contributed by atoms with E-state index in [-0.39, 0.29) is 29.6 Å². The van der Waals surface area contributed by atoms with Crippen molar-refractivity contribution in [2.75, 3.05) is 12.4 Å². The van der Waals surface area contributed by atoms with Gasteiger partial charge in [0.05, 0.1) is 5.69 Å². The molecule has 3 rings (SSSR count). The summed E-state index contributed by atoms with van der Waals surface area (Å²) in [4.78, 5) is 27.8. The number of aromatic nitrogens is 1. The van der Waals surface area contributed by atoms with E-state index in [0.29, 0.717) is 17.9 Å². The van der Waals surface area contributed by atoms with E-state index >= 15 is 0 Å². The number of rotatable bonds is 7. The Bertz CT molecular complexity index is 1050. The van der Waals surface area contributed by atoms with Crippen LogP contribution in [-0.4, -0.2) is 23.8 Å². The second-order valence-electron chi connectivity index (χ2n) is 6.73. The molecular weight excluding hydrogens is 385 g/mol. The van der Waals surface area contributed by atoms with Crippen molar-refractivity contribution in [3.8, 4) is 11.5 Å². The van der Waals surface area contributed by atoms with Crippen LogP contribution in [0.5, 0.6) is 11.5 Å². The summed E-state index contributed by atoms with van der Waals surface area (Å²) in [6.07, 6.45) is 2.24. The summed E-state index contributed by atoms with van der Waals surface area (Å²) >= 11 is 0. The fraction of sp³-hybridized carbons (Fsp3) is 0.174. The van der Waals surface area contributed by atoms with Crippen LogP contribution in [0.15, 0.2) is 60.8 Å². The molecule has 2 N–H and O–H groups in total. The molecule has 154 valence electrons. The van der Waals surface area contributed by atoms with Crippen LogP contribution in [0.25, 0.3) is 0 Å². The Morgan fingerprint density at radius 3 is 2.53 bits per heavy atom. The zero-order valence-corrected chi connectivity index (χ0v) is 16.7. The number of hydrogen-bond acceptors (Lipinski definition) is 4. The molecule has 0 saturated heterocycles. The van der Waals surface area contributed by atoms with Crippen LogP contribution in [0, 0.1) is 12.7 Å². The molecule has 1 heterocycles. The zero-order valence-electron chi connectivity index (χ0n) is 16.7. The third-order valence-corrected chi connectivity index (χ3v) is 4.39. The van der Waals surface area contributed by atoms with Crippen molar-refractivity contribution in [1.82, 2.24) is 10.3 Å². The van der Waals surface area contributed by atoms with Crippen LogP contribution in [0.4, 0.5) is 10.1 Å². The summed E-state index contributed by atoms with van der Waals surface area (Å²) in [5.41, 5.74) is 2.28. The van der Waals surface area contributed by atoms with Gasteiger partial charge in [0.25, 0.3) is 5.91 Å². The number of nitrogens with zero attached hydrogens (tertiary/aromatic N) is 1. The van der Waals surface area contributed by atoms with Gasteiger partial charge in [0.15, 0.2) is 0 Å². The van der Waals surface area contributed by atoms with Crippen LogP contribution >= 0.6 is 0 Å². The van der Waals surface area contributed by atoms with Crippen molar-refractivity contribution in [1.29, 1.82) is 0 Å². The first-order valence-corrected chi connectivity index (χ1v) is 9.45. The normalized spacial score (nSPS) is 10.4. The molecule has 2 aromatic carbocycles. The smallest absolute Gasteiger partial charge is 0.269 e. The molecule has 2 amide bonds. The van der Waals surface area contributed by atoms with Gasteiger partial charge >= 0.3 is 0 Å². The molecule has 0 atom stereocenters. The monoisotopic (exact) mass is 407 g/mol. The van der Waals surface area contributed by atoms with Crippen LogP contribution in [0.2, 0.25) is 0 Å². The van der Waals surface area contributed by atoms with E-state index < -0.39 is 5.82 Å². The van der Waals surface area contributed by atoms with Crippen molar-refractivity contribution in [3.05, 3.63) is 83.4 Å². The Morgan fingerprint density at radius 1 is 1.03 bits per heavy atom. The molecule has 6 nitrogen and oxygen atoms in total. The van der Waals surface area contributed by atoms with Gasteiger partial charge in [-0.3, -0.25) is 14.6 Å². The standard InChI is InChI=1S/C23H22FN3O3/c1-15-3-9-19(24)20(13-15)27-22(28)10-6-16-4-7-17(8-5-16)30-18-11-12-26-21(14-18)23(29)25-2/h3-5,7-9,11-14H,6,10H2,1-2H3,(H,25,29)(H,27,28). The van der Waals surface area contributed by atoms with Crippen molar-refractivity contribution >= 4 is 17.5 Å². The lowest BCUT2D eigenvalue weighted by Gasteiger charge is -2.09. The molecular formula is C23H22FN3O3. The van der Waals surface area contributed by atoms with E-state index in [9.17, 15) is 14.0 Å². The summed E-state index contributed by atoms with van der Waals surface area (Å²) in [6.45, 7) is 1.84. The Kier molecular flexibility index (Phi) is 6.75. The third-order valence-electron chi connectivity index (χ3n) is 4.39. The highest BCUT2D eigenvalue weighted by atomic mass is 19.1. The molecule has 0 spiro atoms. The van der Waals surface area contributed by atoms with Gasteiger partial charge in [-0.1, -0.05) is 18.2 Å². The van der Waals surface area contributed by atoms with Gasteiger partial charge in [0.1, 0.15) is 23.0 Å². The highest BCUT2D eigenvalue weighted by molar-refractivity contribution is 5.92. The largest absolute Gasteiger partial charge is 0.457 e. The second kappa shape index (κ2) is 9.65. The van der Waals surface area contributed by atoms with Crippen molar-refractivity contribution in [2.24, 2.45) is 0 Å². The van der Waals surface area contributed by atoms with Crippen LogP contribution in [0.3, 0.4) is 0 Å². The molecule has 7 heteroatoms. The fourth-order valence-electron chi connectivity index (χ4n) is 2.79. The number of aryl methyl sites for hydroxylation is 2. The van der Waals surface area contributed by atoms with Gasteiger partial charge in [0.2, 0.25) is 5.91 Å². The molecule has 0 bridgehead atoms. The minimum Gasteiger partial charge on any atom is -0.457 e. The number of ether oxygens (including phenoxy) is 1. The number of nitrogens with one attached hydrogen (secondary N) is 2. The predicted molar refractivity (Wildman–Crippen MR) is 112 cm³/mol. The first-order valence-electron chi connectivity index (χ1n) is 9.45. The van der Waals surface area contributed by atoms with E-state index in [1.54, 1.807) is 36.4 Å². The van der Waals surface area contributed by atoms with Gasteiger partial charge < -0.3 is 15.4 Å². The molecule has 1 aromatic heterocycles. The maximum Gasteiger partial charge on any atom is 0.269 e. The van der Waals surface area contributed by atoms with Gasteiger partial charge in [-0.05, 0) is 54.8 Å². The zero-order chi connectivity index (χ0) is 21.5. The van der Waals surface area contributed by atoms with E-state index in [1.807, 2.05) is 19.1 Å². The Labute approximate surface area is 174 Å². The molecule has 0 radical (unpaired) electrons. The van der Waals surface area contributed by atoms with Crippen LogP contribution in [-0.2, 0) is 11.2 Å². The number of anilines is 1. The lowest BCUT2D eigenvalue weighted by atomic mass is 10.1. The van der Waals surface area contributed by atoms with E-state index in [4.69, 9.17) is 4.74 Å². The number of benzene rings is 2. The van der Waals surface area contributed by atoms with Crippen molar-refractivity contribution in [2.45, 2.75) is 19.8 Å². The minimum atomic E-state index is -0.453. The molecule has 3 aromatic rings. The first-order chi connectivity index (χ1) is 14.4. The lowest BCUT2D eigenvalue weighted by molar-refractivity contribution is -0.116. The highest BCUT2D eigenvalue weighted by Gasteiger charge is 2.09. The average molecular weight is 407 g/mol. The van der Waals surface area contributed by atoms with Crippen molar-refractivity contribution < 1.29 is 18.7 Å².